The van der Waals surface area contributed by atoms with Gasteiger partial charge in [0.25, 0.3) is 0 Å². The van der Waals surface area contributed by atoms with Gasteiger partial charge in [-0.15, -0.1) is 0 Å². The quantitative estimate of drug-likeness (QED) is 0.765. The van der Waals surface area contributed by atoms with Gasteiger partial charge in [-0.3, -0.25) is 4.79 Å². The van der Waals surface area contributed by atoms with Crippen molar-refractivity contribution < 1.29 is 4.79 Å². The van der Waals surface area contributed by atoms with Crippen LogP contribution in [-0.2, 0) is 4.79 Å². The summed E-state index contributed by atoms with van der Waals surface area (Å²) in [6.07, 6.45) is 6.13. The van der Waals surface area contributed by atoms with Gasteiger partial charge in [-0.2, -0.15) is 5.10 Å². The van der Waals surface area contributed by atoms with Crippen molar-refractivity contribution in [2.75, 3.05) is 18.4 Å². The molecule has 0 aromatic carbocycles. The molecule has 2 N–H and O–H groups in total. The van der Waals surface area contributed by atoms with E-state index >= 15 is 0 Å². The molecule has 0 atom stereocenters. The Morgan fingerprint density at radius 2 is 2.32 bits per heavy atom. The molecular weight excluding hydrogens is 242 g/mol. The molecule has 6 nitrogen and oxygen atoms in total. The molecular formula is C13H17N5O. The van der Waals surface area contributed by atoms with Crippen LogP contribution in [0.1, 0.15) is 13.3 Å². The van der Waals surface area contributed by atoms with Crippen LogP contribution < -0.4 is 10.6 Å². The van der Waals surface area contributed by atoms with Crippen LogP contribution >= 0.6 is 0 Å². The van der Waals surface area contributed by atoms with E-state index < -0.39 is 0 Å². The van der Waals surface area contributed by atoms with Crippen LogP contribution in [0.15, 0.2) is 36.8 Å². The minimum atomic E-state index is -0.0675. The van der Waals surface area contributed by atoms with Crippen molar-refractivity contribution in [2.45, 2.75) is 13.3 Å². The average molecular weight is 259 g/mol. The molecule has 0 unspecified atom stereocenters. The van der Waals surface area contributed by atoms with Crippen molar-refractivity contribution >= 4 is 11.6 Å². The van der Waals surface area contributed by atoms with Gasteiger partial charge in [-0.1, -0.05) is 6.92 Å². The summed E-state index contributed by atoms with van der Waals surface area (Å²) >= 11 is 0. The second-order valence-corrected chi connectivity index (χ2v) is 4.08. The van der Waals surface area contributed by atoms with E-state index in [0.29, 0.717) is 18.1 Å². The van der Waals surface area contributed by atoms with E-state index in [9.17, 15) is 4.79 Å². The normalized spacial score (nSPS) is 10.4. The Labute approximate surface area is 111 Å². The molecule has 19 heavy (non-hydrogen) atoms. The Morgan fingerprint density at radius 1 is 1.42 bits per heavy atom. The van der Waals surface area contributed by atoms with Crippen LogP contribution in [-0.4, -0.2) is 33.8 Å². The third-order valence-corrected chi connectivity index (χ3v) is 2.48. The fourth-order valence-electron chi connectivity index (χ4n) is 1.58. The highest BCUT2D eigenvalue weighted by atomic mass is 16.1. The van der Waals surface area contributed by atoms with Gasteiger partial charge in [-0.05, 0) is 31.2 Å². The summed E-state index contributed by atoms with van der Waals surface area (Å²) in [6, 6.07) is 5.45. The molecule has 0 bridgehead atoms. The number of pyridine rings is 1. The number of anilines is 1. The number of amides is 1. The maximum absolute atomic E-state index is 11.6. The molecule has 2 heterocycles. The van der Waals surface area contributed by atoms with Gasteiger partial charge in [0.1, 0.15) is 0 Å². The van der Waals surface area contributed by atoms with Crippen LogP contribution in [0.4, 0.5) is 5.69 Å². The molecule has 6 heteroatoms. The smallest absolute Gasteiger partial charge is 0.238 e. The minimum Gasteiger partial charge on any atom is -0.324 e. The zero-order valence-corrected chi connectivity index (χ0v) is 10.8. The molecule has 0 aliphatic carbocycles. The maximum Gasteiger partial charge on any atom is 0.238 e. The summed E-state index contributed by atoms with van der Waals surface area (Å²) in [5.74, 6) is 0.647. The van der Waals surface area contributed by atoms with Gasteiger partial charge in [0.15, 0.2) is 5.82 Å². The van der Waals surface area contributed by atoms with Gasteiger partial charge in [0.05, 0.1) is 18.4 Å². The van der Waals surface area contributed by atoms with E-state index in [1.54, 1.807) is 17.1 Å². The summed E-state index contributed by atoms with van der Waals surface area (Å²) in [6.45, 7) is 3.21. The summed E-state index contributed by atoms with van der Waals surface area (Å²) < 4.78 is 1.66. The number of nitrogens with one attached hydrogen (secondary N) is 2. The molecule has 2 aromatic rings. The highest BCUT2D eigenvalue weighted by Gasteiger charge is 2.03. The molecule has 0 saturated carbocycles. The zero-order chi connectivity index (χ0) is 13.5. The topological polar surface area (TPSA) is 71.8 Å². The molecule has 100 valence electrons. The Bertz CT molecular complexity index is 506. The predicted molar refractivity (Wildman–Crippen MR) is 73.1 cm³/mol. The fourth-order valence-corrected chi connectivity index (χ4v) is 1.58. The number of hydrogen-bond donors (Lipinski definition) is 2. The van der Waals surface area contributed by atoms with E-state index in [1.165, 1.54) is 0 Å². The third kappa shape index (κ3) is 3.89. The third-order valence-electron chi connectivity index (χ3n) is 2.48. The van der Waals surface area contributed by atoms with Crippen LogP contribution in [0, 0.1) is 0 Å². The molecule has 2 aromatic heterocycles. The highest BCUT2D eigenvalue weighted by Crippen LogP contribution is 2.08. The van der Waals surface area contributed by atoms with E-state index in [-0.39, 0.29) is 5.91 Å². The lowest BCUT2D eigenvalue weighted by Gasteiger charge is -2.06. The van der Waals surface area contributed by atoms with Crippen molar-refractivity contribution in [2.24, 2.45) is 0 Å². The van der Waals surface area contributed by atoms with Crippen LogP contribution in [0.5, 0.6) is 0 Å². The number of hydrogen-bond acceptors (Lipinski definition) is 4. The lowest BCUT2D eigenvalue weighted by molar-refractivity contribution is -0.115. The van der Waals surface area contributed by atoms with Gasteiger partial charge in [0, 0.05) is 12.4 Å². The summed E-state index contributed by atoms with van der Waals surface area (Å²) in [5, 5.41) is 9.91. The fraction of sp³-hybridized carbons (Fsp3) is 0.308. The highest BCUT2D eigenvalue weighted by molar-refractivity contribution is 5.92. The first-order chi connectivity index (χ1) is 9.29. The molecule has 0 radical (unpaired) electrons. The minimum absolute atomic E-state index is 0.0675. The van der Waals surface area contributed by atoms with Crippen LogP contribution in [0.3, 0.4) is 0 Å². The van der Waals surface area contributed by atoms with Gasteiger partial charge in [0.2, 0.25) is 5.91 Å². The first-order valence-corrected chi connectivity index (χ1v) is 6.26. The number of carbonyl (C=O) groups is 1. The summed E-state index contributed by atoms with van der Waals surface area (Å²) in [4.78, 5) is 15.8. The second-order valence-electron chi connectivity index (χ2n) is 4.08. The van der Waals surface area contributed by atoms with Crippen molar-refractivity contribution in [3.63, 3.8) is 0 Å². The van der Waals surface area contributed by atoms with Crippen LogP contribution in [0.2, 0.25) is 0 Å². The Balaban J connectivity index is 1.90. The van der Waals surface area contributed by atoms with Crippen molar-refractivity contribution in [3.05, 3.63) is 36.8 Å². The Kier molecular flexibility index (Phi) is 4.63. The molecule has 0 saturated heterocycles. The van der Waals surface area contributed by atoms with Gasteiger partial charge >= 0.3 is 0 Å². The van der Waals surface area contributed by atoms with Crippen molar-refractivity contribution in [1.29, 1.82) is 0 Å². The van der Waals surface area contributed by atoms with E-state index in [0.717, 1.165) is 13.0 Å². The maximum atomic E-state index is 11.6. The number of carbonyl (C=O) groups excluding carboxylic acids is 1. The zero-order valence-electron chi connectivity index (χ0n) is 10.8. The largest absolute Gasteiger partial charge is 0.324 e. The van der Waals surface area contributed by atoms with E-state index in [1.807, 2.05) is 24.4 Å². The number of nitrogens with zero attached hydrogens (tertiary/aromatic N) is 3. The lowest BCUT2D eigenvalue weighted by atomic mass is 10.4. The van der Waals surface area contributed by atoms with Crippen molar-refractivity contribution in [1.82, 2.24) is 20.1 Å². The number of aromatic nitrogens is 3. The average Bonchev–Trinajstić information content (AvgIpc) is 2.94. The van der Waals surface area contributed by atoms with Crippen molar-refractivity contribution in [3.8, 4) is 5.82 Å². The summed E-state index contributed by atoms with van der Waals surface area (Å²) in [7, 11) is 0. The Morgan fingerprint density at radius 3 is 2.95 bits per heavy atom. The number of rotatable bonds is 6. The van der Waals surface area contributed by atoms with Gasteiger partial charge in [-0.25, -0.2) is 9.67 Å². The lowest BCUT2D eigenvalue weighted by Crippen LogP contribution is -2.28. The van der Waals surface area contributed by atoms with E-state index in [4.69, 9.17) is 0 Å². The SMILES string of the molecule is CCCNCC(=O)Nc1ccc(-n2cccn2)nc1. The standard InChI is InChI=1S/C13H17N5O/c1-2-6-14-10-13(19)17-11-4-5-12(15-9-11)18-8-3-7-16-18/h3-5,7-9,14H,2,6,10H2,1H3,(H,17,19). The second kappa shape index (κ2) is 6.65. The van der Waals surface area contributed by atoms with Gasteiger partial charge < -0.3 is 10.6 Å². The molecule has 0 spiro atoms. The monoisotopic (exact) mass is 259 g/mol. The summed E-state index contributed by atoms with van der Waals surface area (Å²) in [5.41, 5.74) is 0.680. The molecule has 1 amide bonds. The Hall–Kier alpha value is -2.21. The predicted octanol–water partition coefficient (Wildman–Crippen LogP) is 1.21. The molecule has 2 rings (SSSR count). The first-order valence-electron chi connectivity index (χ1n) is 6.26. The molecule has 0 fully saturated rings. The van der Waals surface area contributed by atoms with Crippen LogP contribution in [0.25, 0.3) is 5.82 Å². The first kappa shape index (κ1) is 13.2. The molecule has 0 aliphatic heterocycles. The molecule has 0 aliphatic rings. The van der Waals surface area contributed by atoms with E-state index in [2.05, 4.69) is 27.6 Å².